The highest BCUT2D eigenvalue weighted by Gasteiger charge is 2.47. The molecule has 21 heavy (non-hydrogen) atoms. The molecule has 0 unspecified atom stereocenters. The van der Waals surface area contributed by atoms with Gasteiger partial charge in [-0.25, -0.2) is 0 Å². The van der Waals surface area contributed by atoms with Gasteiger partial charge in [0, 0.05) is 13.2 Å². The first-order valence-corrected chi connectivity index (χ1v) is 7.55. The molecule has 2 saturated heterocycles. The zero-order chi connectivity index (χ0) is 14.8. The van der Waals surface area contributed by atoms with Crippen LogP contribution in [0.4, 0.5) is 0 Å². The molecule has 0 radical (unpaired) electrons. The van der Waals surface area contributed by atoms with Crippen molar-refractivity contribution in [3.63, 3.8) is 0 Å². The van der Waals surface area contributed by atoms with Crippen LogP contribution in [-0.4, -0.2) is 48.4 Å². The highest BCUT2D eigenvalue weighted by Crippen LogP contribution is 2.34. The number of rotatable bonds is 4. The quantitative estimate of drug-likeness (QED) is 0.594. The van der Waals surface area contributed by atoms with Crippen LogP contribution in [0.2, 0.25) is 0 Å². The lowest BCUT2D eigenvalue weighted by molar-refractivity contribution is -0.143. The number of nitrogens with zero attached hydrogens (tertiary/aromatic N) is 1. The third-order valence-corrected chi connectivity index (χ3v) is 4.45. The third kappa shape index (κ3) is 2.85. The third-order valence-electron chi connectivity index (χ3n) is 4.45. The van der Waals surface area contributed by atoms with E-state index in [9.17, 15) is 14.4 Å². The first-order valence-electron chi connectivity index (χ1n) is 7.55. The van der Waals surface area contributed by atoms with Gasteiger partial charge in [0.2, 0.25) is 17.7 Å². The summed E-state index contributed by atoms with van der Waals surface area (Å²) in [6, 6.07) is 0. The highest BCUT2D eigenvalue weighted by molar-refractivity contribution is 6.07. The average molecular weight is 292 g/mol. The summed E-state index contributed by atoms with van der Waals surface area (Å²) in [7, 11) is 0. The number of carbonyl (C=O) groups is 3. The van der Waals surface area contributed by atoms with E-state index in [1.165, 1.54) is 0 Å². The van der Waals surface area contributed by atoms with E-state index in [0.29, 0.717) is 19.4 Å². The molecule has 6 nitrogen and oxygen atoms in total. The Balaban J connectivity index is 1.53. The number of hydrogen-bond acceptors (Lipinski definition) is 4. The van der Waals surface area contributed by atoms with Crippen LogP contribution >= 0.6 is 0 Å². The topological polar surface area (TPSA) is 75.7 Å². The van der Waals surface area contributed by atoms with Crippen LogP contribution in [0.15, 0.2) is 12.2 Å². The van der Waals surface area contributed by atoms with Gasteiger partial charge in [-0.15, -0.1) is 0 Å². The van der Waals surface area contributed by atoms with Gasteiger partial charge in [-0.1, -0.05) is 12.2 Å². The molecule has 3 rings (SSSR count). The summed E-state index contributed by atoms with van der Waals surface area (Å²) >= 11 is 0. The molecule has 0 spiro atoms. The van der Waals surface area contributed by atoms with E-state index in [1.54, 1.807) is 0 Å². The Labute approximate surface area is 123 Å². The Hall–Kier alpha value is -1.69. The van der Waals surface area contributed by atoms with Crippen molar-refractivity contribution in [1.29, 1.82) is 0 Å². The fraction of sp³-hybridized carbons (Fsp3) is 0.667. The minimum atomic E-state index is -0.293. The lowest BCUT2D eigenvalue weighted by Gasteiger charge is -2.16. The maximum atomic E-state index is 12.2. The summed E-state index contributed by atoms with van der Waals surface area (Å²) in [5, 5.41) is 2.75. The van der Waals surface area contributed by atoms with Crippen molar-refractivity contribution in [3.8, 4) is 0 Å². The van der Waals surface area contributed by atoms with Crippen LogP contribution in [0.1, 0.15) is 25.7 Å². The Morgan fingerprint density at radius 1 is 1.24 bits per heavy atom. The van der Waals surface area contributed by atoms with E-state index in [-0.39, 0.29) is 42.2 Å². The second kappa shape index (κ2) is 5.97. The summed E-state index contributed by atoms with van der Waals surface area (Å²) < 4.78 is 5.42. The molecule has 2 fully saturated rings. The van der Waals surface area contributed by atoms with E-state index in [2.05, 4.69) is 5.32 Å². The Kier molecular flexibility index (Phi) is 4.05. The summed E-state index contributed by atoms with van der Waals surface area (Å²) in [4.78, 5) is 37.5. The molecule has 0 aromatic rings. The van der Waals surface area contributed by atoms with Crippen molar-refractivity contribution >= 4 is 17.7 Å². The van der Waals surface area contributed by atoms with Crippen LogP contribution in [0, 0.1) is 11.8 Å². The van der Waals surface area contributed by atoms with Crippen molar-refractivity contribution in [2.45, 2.75) is 31.8 Å². The smallest absolute Gasteiger partial charge is 0.240 e. The van der Waals surface area contributed by atoms with E-state index in [1.807, 2.05) is 12.2 Å². The maximum absolute atomic E-state index is 12.2. The normalized spacial score (nSPS) is 31.6. The molecule has 2 heterocycles. The van der Waals surface area contributed by atoms with E-state index in [0.717, 1.165) is 24.3 Å². The van der Waals surface area contributed by atoms with Gasteiger partial charge in [-0.05, 0) is 25.7 Å². The number of hydrogen-bond donors (Lipinski definition) is 1. The molecule has 2 aliphatic heterocycles. The number of amides is 3. The number of allylic oxidation sites excluding steroid dienone is 2. The summed E-state index contributed by atoms with van der Waals surface area (Å²) in [5.74, 6) is -1.25. The van der Waals surface area contributed by atoms with Crippen molar-refractivity contribution in [2.24, 2.45) is 11.8 Å². The van der Waals surface area contributed by atoms with E-state index in [4.69, 9.17) is 4.74 Å². The molecule has 6 heteroatoms. The molecule has 3 aliphatic rings. The van der Waals surface area contributed by atoms with Gasteiger partial charge in [0.05, 0.1) is 17.9 Å². The lowest BCUT2D eigenvalue weighted by Crippen LogP contribution is -2.42. The fourth-order valence-corrected chi connectivity index (χ4v) is 3.26. The van der Waals surface area contributed by atoms with Crippen molar-refractivity contribution in [1.82, 2.24) is 10.2 Å². The van der Waals surface area contributed by atoms with Gasteiger partial charge in [-0.3, -0.25) is 19.3 Å². The maximum Gasteiger partial charge on any atom is 0.240 e. The Morgan fingerprint density at radius 2 is 1.90 bits per heavy atom. The molecular formula is C15H20N2O4. The molecule has 3 atom stereocenters. The lowest BCUT2D eigenvalue weighted by atomic mass is 9.85. The van der Waals surface area contributed by atoms with Crippen LogP contribution in [-0.2, 0) is 19.1 Å². The molecule has 1 N–H and O–H groups in total. The van der Waals surface area contributed by atoms with Gasteiger partial charge in [0.15, 0.2) is 0 Å². The van der Waals surface area contributed by atoms with Gasteiger partial charge in [0.1, 0.15) is 6.54 Å². The predicted molar refractivity (Wildman–Crippen MR) is 74.1 cm³/mol. The first-order chi connectivity index (χ1) is 10.2. The van der Waals surface area contributed by atoms with Crippen molar-refractivity contribution in [2.75, 3.05) is 19.7 Å². The van der Waals surface area contributed by atoms with Crippen LogP contribution in [0.25, 0.3) is 0 Å². The molecule has 0 aromatic heterocycles. The number of fused-ring (bicyclic) bond motifs is 1. The SMILES string of the molecule is O=C(CN1C(=O)[C@@H]2CC=CC[C@H]2C1=O)NC[C@H]1CCCO1. The Morgan fingerprint density at radius 3 is 2.48 bits per heavy atom. The number of likely N-dealkylation sites (tertiary alicyclic amines) is 1. The van der Waals surface area contributed by atoms with E-state index < -0.39 is 0 Å². The monoisotopic (exact) mass is 292 g/mol. The molecule has 0 bridgehead atoms. The minimum Gasteiger partial charge on any atom is -0.376 e. The minimum absolute atomic E-state index is 0.0608. The van der Waals surface area contributed by atoms with Crippen LogP contribution in [0.5, 0.6) is 0 Å². The average Bonchev–Trinajstić information content (AvgIpc) is 3.09. The molecule has 1 aliphatic carbocycles. The zero-order valence-corrected chi connectivity index (χ0v) is 11.9. The summed E-state index contributed by atoms with van der Waals surface area (Å²) in [6.45, 7) is 1.01. The first kappa shape index (κ1) is 14.3. The number of nitrogens with one attached hydrogen (secondary N) is 1. The molecule has 0 aromatic carbocycles. The van der Waals surface area contributed by atoms with Crippen LogP contribution < -0.4 is 5.32 Å². The summed E-state index contributed by atoms with van der Waals surface area (Å²) in [6.07, 6.45) is 7.09. The largest absolute Gasteiger partial charge is 0.376 e. The van der Waals surface area contributed by atoms with E-state index >= 15 is 0 Å². The number of ether oxygens (including phenoxy) is 1. The van der Waals surface area contributed by atoms with Gasteiger partial charge >= 0.3 is 0 Å². The van der Waals surface area contributed by atoms with Gasteiger partial charge in [0.25, 0.3) is 0 Å². The fourth-order valence-electron chi connectivity index (χ4n) is 3.26. The Bertz CT molecular complexity index is 456. The van der Waals surface area contributed by atoms with Crippen LogP contribution in [0.3, 0.4) is 0 Å². The second-order valence-corrected chi connectivity index (χ2v) is 5.86. The predicted octanol–water partition coefficient (Wildman–Crippen LogP) is 0.233. The van der Waals surface area contributed by atoms with Crippen molar-refractivity contribution < 1.29 is 19.1 Å². The molecule has 114 valence electrons. The van der Waals surface area contributed by atoms with Gasteiger partial charge in [-0.2, -0.15) is 0 Å². The molecule has 0 saturated carbocycles. The number of imide groups is 1. The van der Waals surface area contributed by atoms with Gasteiger partial charge < -0.3 is 10.1 Å². The number of carbonyl (C=O) groups excluding carboxylic acids is 3. The second-order valence-electron chi connectivity index (χ2n) is 5.86. The standard InChI is InChI=1S/C15H20N2O4/c18-13(16-8-10-4-3-7-21-10)9-17-14(19)11-5-1-2-6-12(11)15(17)20/h1-2,10-12H,3-9H2,(H,16,18)/t10-,11-,12-/m1/s1. The highest BCUT2D eigenvalue weighted by atomic mass is 16.5. The molecular weight excluding hydrogens is 272 g/mol. The zero-order valence-electron chi connectivity index (χ0n) is 11.9. The van der Waals surface area contributed by atoms with Crippen molar-refractivity contribution in [3.05, 3.63) is 12.2 Å². The summed E-state index contributed by atoms with van der Waals surface area (Å²) in [5.41, 5.74) is 0. The molecule has 3 amide bonds.